The largest absolute Gasteiger partial charge is 0.481 e. The predicted octanol–water partition coefficient (Wildman–Crippen LogP) is -0.527. The second-order valence-electron chi connectivity index (χ2n) is 1.93. The number of nitrogens with zero attached hydrogens (tertiary/aromatic N) is 2. The van der Waals surface area contributed by atoms with Gasteiger partial charge < -0.3 is 10.4 Å². The molecule has 0 unspecified atom stereocenters. The van der Waals surface area contributed by atoms with Crippen LogP contribution in [0.25, 0.3) is 0 Å². The quantitative estimate of drug-likeness (QED) is 0.547. The van der Waals surface area contributed by atoms with E-state index in [1.54, 1.807) is 7.05 Å². The minimum atomic E-state index is -0.927. The molecule has 1 aromatic heterocycles. The van der Waals surface area contributed by atoms with Gasteiger partial charge in [0.05, 0.1) is 0 Å². The van der Waals surface area contributed by atoms with E-state index in [9.17, 15) is 4.79 Å². The Kier molecular flexibility index (Phi) is 2.05. The maximum absolute atomic E-state index is 10.2. The van der Waals surface area contributed by atoms with E-state index in [0.717, 1.165) is 0 Å². The smallest absolute Gasteiger partial charge is 0.311 e. The third kappa shape index (κ3) is 1.92. The standard InChI is InChI=1S/C5H8N4O2/c1-6-5-7-3(8-9-5)2-4(10)11/h2H2,1H3,(H,10,11)(H2,6,7,8,9). The summed E-state index contributed by atoms with van der Waals surface area (Å²) in [7, 11) is 1.66. The van der Waals surface area contributed by atoms with Crippen molar-refractivity contribution in [3.05, 3.63) is 5.82 Å². The van der Waals surface area contributed by atoms with E-state index >= 15 is 0 Å². The van der Waals surface area contributed by atoms with Gasteiger partial charge in [0, 0.05) is 7.05 Å². The number of anilines is 1. The molecule has 0 fully saturated rings. The highest BCUT2D eigenvalue weighted by Gasteiger charge is 2.04. The molecule has 11 heavy (non-hydrogen) atoms. The summed E-state index contributed by atoms with van der Waals surface area (Å²) in [6, 6.07) is 0. The number of aromatic nitrogens is 3. The van der Waals surface area contributed by atoms with Gasteiger partial charge in [-0.2, -0.15) is 4.98 Å². The topological polar surface area (TPSA) is 90.9 Å². The SMILES string of the molecule is CNc1n[nH]c(CC(=O)O)n1. The maximum Gasteiger partial charge on any atom is 0.311 e. The number of hydrogen-bond acceptors (Lipinski definition) is 4. The zero-order valence-electron chi connectivity index (χ0n) is 5.96. The lowest BCUT2D eigenvalue weighted by Gasteiger charge is -1.86. The number of nitrogens with one attached hydrogen (secondary N) is 2. The van der Waals surface area contributed by atoms with Crippen molar-refractivity contribution in [2.24, 2.45) is 0 Å². The third-order valence-corrected chi connectivity index (χ3v) is 1.07. The van der Waals surface area contributed by atoms with Gasteiger partial charge in [0.2, 0.25) is 5.95 Å². The molecule has 6 nitrogen and oxygen atoms in total. The summed E-state index contributed by atoms with van der Waals surface area (Å²) >= 11 is 0. The molecule has 0 atom stereocenters. The van der Waals surface area contributed by atoms with Crippen LogP contribution in [0.2, 0.25) is 0 Å². The van der Waals surface area contributed by atoms with E-state index in [1.165, 1.54) is 0 Å². The Bertz CT molecular complexity index is 257. The van der Waals surface area contributed by atoms with Crippen molar-refractivity contribution in [3.63, 3.8) is 0 Å². The van der Waals surface area contributed by atoms with Crippen molar-refractivity contribution >= 4 is 11.9 Å². The number of hydrogen-bond donors (Lipinski definition) is 3. The molecular formula is C5H8N4O2. The molecule has 0 aromatic carbocycles. The van der Waals surface area contributed by atoms with Crippen molar-refractivity contribution in [3.8, 4) is 0 Å². The van der Waals surface area contributed by atoms with Crippen LogP contribution < -0.4 is 5.32 Å². The Balaban J connectivity index is 2.65. The normalized spacial score (nSPS) is 9.55. The van der Waals surface area contributed by atoms with Crippen LogP contribution in [0.4, 0.5) is 5.95 Å². The van der Waals surface area contributed by atoms with E-state index in [2.05, 4.69) is 20.5 Å². The van der Waals surface area contributed by atoms with Crippen LogP contribution in [0, 0.1) is 0 Å². The number of aromatic amines is 1. The second-order valence-corrected chi connectivity index (χ2v) is 1.93. The van der Waals surface area contributed by atoms with Crippen LogP contribution in [-0.2, 0) is 11.2 Å². The number of aliphatic carboxylic acids is 1. The molecule has 0 saturated carbocycles. The molecule has 3 N–H and O–H groups in total. The molecule has 1 aromatic rings. The molecule has 1 rings (SSSR count). The second kappa shape index (κ2) is 3.00. The molecule has 0 saturated heterocycles. The minimum Gasteiger partial charge on any atom is -0.481 e. The van der Waals surface area contributed by atoms with Gasteiger partial charge in [-0.25, -0.2) is 0 Å². The Morgan fingerprint density at radius 2 is 2.55 bits per heavy atom. The Hall–Kier alpha value is -1.59. The fourth-order valence-corrected chi connectivity index (χ4v) is 0.629. The van der Waals surface area contributed by atoms with Crippen LogP contribution >= 0.6 is 0 Å². The zero-order chi connectivity index (χ0) is 8.27. The van der Waals surface area contributed by atoms with E-state index in [4.69, 9.17) is 5.11 Å². The fraction of sp³-hybridized carbons (Fsp3) is 0.400. The molecule has 0 aliphatic heterocycles. The van der Waals surface area contributed by atoms with E-state index < -0.39 is 5.97 Å². The first-order chi connectivity index (χ1) is 5.22. The molecule has 1 heterocycles. The third-order valence-electron chi connectivity index (χ3n) is 1.07. The zero-order valence-corrected chi connectivity index (χ0v) is 5.96. The van der Waals surface area contributed by atoms with Gasteiger partial charge in [0.1, 0.15) is 12.2 Å². The molecular weight excluding hydrogens is 148 g/mol. The van der Waals surface area contributed by atoms with Gasteiger partial charge in [0.25, 0.3) is 0 Å². The maximum atomic E-state index is 10.2. The monoisotopic (exact) mass is 156 g/mol. The minimum absolute atomic E-state index is 0.130. The van der Waals surface area contributed by atoms with Crippen molar-refractivity contribution < 1.29 is 9.90 Å². The average molecular weight is 156 g/mol. The van der Waals surface area contributed by atoms with Crippen molar-refractivity contribution in [2.75, 3.05) is 12.4 Å². The van der Waals surface area contributed by atoms with Crippen molar-refractivity contribution in [1.29, 1.82) is 0 Å². The van der Waals surface area contributed by atoms with Gasteiger partial charge in [-0.05, 0) is 0 Å². The fourth-order valence-electron chi connectivity index (χ4n) is 0.629. The highest BCUT2D eigenvalue weighted by atomic mass is 16.4. The van der Waals surface area contributed by atoms with Gasteiger partial charge in [0.15, 0.2) is 0 Å². The lowest BCUT2D eigenvalue weighted by atomic mass is 10.4. The van der Waals surface area contributed by atoms with E-state index in [-0.39, 0.29) is 6.42 Å². The number of carboxylic acids is 1. The number of carbonyl (C=O) groups is 1. The summed E-state index contributed by atoms with van der Waals surface area (Å²) in [6.07, 6.45) is -0.130. The number of H-pyrrole nitrogens is 1. The van der Waals surface area contributed by atoms with Gasteiger partial charge in [-0.3, -0.25) is 9.89 Å². The molecule has 60 valence electrons. The first-order valence-electron chi connectivity index (χ1n) is 3.03. The van der Waals surface area contributed by atoms with Crippen LogP contribution in [0.15, 0.2) is 0 Å². The molecule has 0 amide bonds. The average Bonchev–Trinajstić information content (AvgIpc) is 2.34. The summed E-state index contributed by atoms with van der Waals surface area (Å²) < 4.78 is 0. The van der Waals surface area contributed by atoms with Crippen molar-refractivity contribution in [1.82, 2.24) is 15.2 Å². The van der Waals surface area contributed by atoms with Crippen LogP contribution in [0.3, 0.4) is 0 Å². The molecule has 6 heteroatoms. The molecule has 0 radical (unpaired) electrons. The summed E-state index contributed by atoms with van der Waals surface area (Å²) in [4.78, 5) is 14.0. The van der Waals surface area contributed by atoms with Gasteiger partial charge >= 0.3 is 5.97 Å². The lowest BCUT2D eigenvalue weighted by molar-refractivity contribution is -0.136. The Morgan fingerprint density at radius 3 is 3.00 bits per heavy atom. The van der Waals surface area contributed by atoms with E-state index in [1.807, 2.05) is 0 Å². The van der Waals surface area contributed by atoms with Gasteiger partial charge in [-0.15, -0.1) is 5.10 Å². The summed E-state index contributed by atoms with van der Waals surface area (Å²) in [6.45, 7) is 0. The van der Waals surface area contributed by atoms with Gasteiger partial charge in [-0.1, -0.05) is 0 Å². The Morgan fingerprint density at radius 1 is 1.82 bits per heavy atom. The molecule has 0 aliphatic carbocycles. The van der Waals surface area contributed by atoms with Crippen LogP contribution in [0.5, 0.6) is 0 Å². The van der Waals surface area contributed by atoms with Crippen LogP contribution in [-0.4, -0.2) is 33.3 Å². The molecule has 0 aliphatic rings. The first kappa shape index (κ1) is 7.52. The molecule has 0 bridgehead atoms. The highest BCUT2D eigenvalue weighted by Crippen LogP contribution is 1.96. The predicted molar refractivity (Wildman–Crippen MR) is 37.3 cm³/mol. The van der Waals surface area contributed by atoms with E-state index in [0.29, 0.717) is 11.8 Å². The number of carboxylic acid groups (broad SMARTS) is 1. The van der Waals surface area contributed by atoms with Crippen LogP contribution in [0.1, 0.15) is 5.82 Å². The molecule has 0 spiro atoms. The highest BCUT2D eigenvalue weighted by molar-refractivity contribution is 5.69. The Labute approximate surface area is 62.6 Å². The summed E-state index contributed by atoms with van der Waals surface area (Å²) in [5, 5.41) is 17.2. The first-order valence-corrected chi connectivity index (χ1v) is 3.03. The lowest BCUT2D eigenvalue weighted by Crippen LogP contribution is -2.01. The summed E-state index contributed by atoms with van der Waals surface area (Å²) in [5.41, 5.74) is 0. The van der Waals surface area contributed by atoms with Crippen molar-refractivity contribution in [2.45, 2.75) is 6.42 Å². The summed E-state index contributed by atoms with van der Waals surface area (Å²) in [5.74, 6) is -0.174. The number of rotatable bonds is 3.